The van der Waals surface area contributed by atoms with Crippen molar-refractivity contribution < 1.29 is 4.79 Å². The van der Waals surface area contributed by atoms with Gasteiger partial charge in [-0.15, -0.1) is 0 Å². The van der Waals surface area contributed by atoms with Crippen molar-refractivity contribution in [3.05, 3.63) is 62.5 Å². The van der Waals surface area contributed by atoms with Gasteiger partial charge in [-0.3, -0.25) is 4.79 Å². The molecule has 0 unspecified atom stereocenters. The minimum Gasteiger partial charge on any atom is -0.353 e. The average Bonchev–Trinajstić information content (AvgIpc) is 2.87. The monoisotopic (exact) mass is 394 g/mol. The second kappa shape index (κ2) is 7.15. The number of halogens is 2. The molecule has 0 radical (unpaired) electrons. The summed E-state index contributed by atoms with van der Waals surface area (Å²) in [5.74, 6) is -0.188. The van der Waals surface area contributed by atoms with E-state index in [9.17, 15) is 4.79 Å². The van der Waals surface area contributed by atoms with E-state index in [-0.39, 0.29) is 5.91 Å². The van der Waals surface area contributed by atoms with E-state index >= 15 is 0 Å². The molecule has 24 heavy (non-hydrogen) atoms. The van der Waals surface area contributed by atoms with E-state index in [0.29, 0.717) is 25.0 Å². The molecule has 1 fully saturated rings. The summed E-state index contributed by atoms with van der Waals surface area (Å²) in [6.45, 7) is 1.91. The van der Waals surface area contributed by atoms with Crippen molar-refractivity contribution in [1.82, 2.24) is 5.32 Å². The molecular weight excluding hydrogens is 383 g/mol. The Kier molecular flexibility index (Phi) is 5.15. The first kappa shape index (κ1) is 17.3. The van der Waals surface area contributed by atoms with Crippen LogP contribution in [0.2, 0.25) is 10.0 Å². The first-order valence-corrected chi connectivity index (χ1v) is 8.99. The highest BCUT2D eigenvalue weighted by molar-refractivity contribution is 8.26. The number of para-hydroxylation sites is 1. The maximum Gasteiger partial charge on any atom is 0.263 e. The van der Waals surface area contributed by atoms with E-state index in [1.807, 2.05) is 37.3 Å². The highest BCUT2D eigenvalue weighted by Crippen LogP contribution is 2.37. The van der Waals surface area contributed by atoms with Crippen LogP contribution in [0.15, 0.2) is 41.3 Å². The van der Waals surface area contributed by atoms with Crippen LogP contribution in [0.5, 0.6) is 0 Å². The van der Waals surface area contributed by atoms with Crippen LogP contribution in [-0.4, -0.2) is 10.2 Å². The SMILES string of the molecule is Cc1ccc(Cl)c(Nc2ccccc2/C=C2/SC(=S)NC2=O)c1Cl. The fourth-order valence-electron chi connectivity index (χ4n) is 2.20. The standard InChI is InChI=1S/C17H12Cl2N2OS2/c1-9-6-7-11(18)15(14(9)19)20-12-5-3-2-4-10(12)8-13-16(22)21-17(23)24-13/h2-8,20H,1H3,(H,21,22,23)/b13-8+. The molecule has 2 aromatic rings. The number of rotatable bonds is 3. The van der Waals surface area contributed by atoms with Crippen LogP contribution in [0.4, 0.5) is 11.4 Å². The predicted molar refractivity (Wildman–Crippen MR) is 107 cm³/mol. The minimum atomic E-state index is -0.188. The average molecular weight is 395 g/mol. The smallest absolute Gasteiger partial charge is 0.263 e. The highest BCUT2D eigenvalue weighted by atomic mass is 35.5. The number of benzene rings is 2. The number of thiocarbonyl (C=S) groups is 1. The minimum absolute atomic E-state index is 0.188. The normalized spacial score (nSPS) is 15.7. The molecule has 122 valence electrons. The van der Waals surface area contributed by atoms with E-state index in [2.05, 4.69) is 10.6 Å². The third-order valence-corrected chi connectivity index (χ3v) is 5.40. The van der Waals surface area contributed by atoms with E-state index in [1.54, 1.807) is 12.1 Å². The number of hydrogen-bond acceptors (Lipinski definition) is 4. The van der Waals surface area contributed by atoms with Crippen LogP contribution in [0.1, 0.15) is 11.1 Å². The number of nitrogens with one attached hydrogen (secondary N) is 2. The topological polar surface area (TPSA) is 41.1 Å². The first-order chi connectivity index (χ1) is 11.5. The number of carbonyl (C=O) groups excluding carboxylic acids is 1. The molecule has 7 heteroatoms. The van der Waals surface area contributed by atoms with Crippen LogP contribution >= 0.6 is 47.2 Å². The van der Waals surface area contributed by atoms with Crippen molar-refractivity contribution in [3.63, 3.8) is 0 Å². The van der Waals surface area contributed by atoms with E-state index in [0.717, 1.165) is 16.8 Å². The van der Waals surface area contributed by atoms with Crippen molar-refractivity contribution in [1.29, 1.82) is 0 Å². The molecule has 2 aromatic carbocycles. The van der Waals surface area contributed by atoms with Crippen LogP contribution in [-0.2, 0) is 4.79 Å². The summed E-state index contributed by atoms with van der Waals surface area (Å²) in [5, 5.41) is 6.97. The van der Waals surface area contributed by atoms with Crippen molar-refractivity contribution in [3.8, 4) is 0 Å². The molecule has 1 aliphatic rings. The Morgan fingerprint density at radius 1 is 1.21 bits per heavy atom. The third kappa shape index (κ3) is 3.59. The largest absolute Gasteiger partial charge is 0.353 e. The van der Waals surface area contributed by atoms with Gasteiger partial charge in [0.15, 0.2) is 0 Å². The molecule has 0 atom stereocenters. The molecule has 1 saturated heterocycles. The lowest BCUT2D eigenvalue weighted by atomic mass is 10.1. The Labute approximate surface area is 159 Å². The molecule has 3 nitrogen and oxygen atoms in total. The summed E-state index contributed by atoms with van der Waals surface area (Å²) in [6, 6.07) is 11.3. The fraction of sp³-hybridized carbons (Fsp3) is 0.0588. The van der Waals surface area contributed by atoms with E-state index in [1.165, 1.54) is 11.8 Å². The third-order valence-electron chi connectivity index (χ3n) is 3.43. The summed E-state index contributed by atoms with van der Waals surface area (Å²) in [6.07, 6.45) is 1.79. The molecule has 1 aliphatic heterocycles. The summed E-state index contributed by atoms with van der Waals surface area (Å²) in [7, 11) is 0. The van der Waals surface area contributed by atoms with Gasteiger partial charge in [0.25, 0.3) is 5.91 Å². The lowest BCUT2D eigenvalue weighted by Gasteiger charge is -2.14. The summed E-state index contributed by atoms with van der Waals surface area (Å²) >= 11 is 18.9. The zero-order valence-corrected chi connectivity index (χ0v) is 15.7. The van der Waals surface area contributed by atoms with Gasteiger partial charge in [0.1, 0.15) is 4.32 Å². The fourth-order valence-corrected chi connectivity index (χ4v) is 3.71. The van der Waals surface area contributed by atoms with E-state index in [4.69, 9.17) is 35.4 Å². The Morgan fingerprint density at radius 2 is 1.96 bits per heavy atom. The molecule has 0 aliphatic carbocycles. The number of hydrogen-bond donors (Lipinski definition) is 2. The summed E-state index contributed by atoms with van der Waals surface area (Å²) in [4.78, 5) is 12.4. The van der Waals surface area contributed by atoms with Crippen LogP contribution in [0.25, 0.3) is 6.08 Å². The molecule has 2 N–H and O–H groups in total. The number of amides is 1. The zero-order valence-electron chi connectivity index (χ0n) is 12.5. The lowest BCUT2D eigenvalue weighted by molar-refractivity contribution is -0.115. The maximum absolute atomic E-state index is 11.9. The Bertz CT molecular complexity index is 881. The quantitative estimate of drug-likeness (QED) is 0.529. The van der Waals surface area contributed by atoms with Crippen LogP contribution in [0.3, 0.4) is 0 Å². The number of aryl methyl sites for hydroxylation is 1. The van der Waals surface area contributed by atoms with Gasteiger partial charge >= 0.3 is 0 Å². The molecule has 1 heterocycles. The van der Waals surface area contributed by atoms with Crippen LogP contribution in [0, 0.1) is 6.92 Å². The second-order valence-electron chi connectivity index (χ2n) is 5.12. The maximum atomic E-state index is 11.9. The van der Waals surface area contributed by atoms with Gasteiger partial charge in [0.05, 0.1) is 20.6 Å². The number of thioether (sulfide) groups is 1. The Morgan fingerprint density at radius 3 is 2.67 bits per heavy atom. The van der Waals surface area contributed by atoms with Gasteiger partial charge in [-0.05, 0) is 36.3 Å². The number of carbonyl (C=O) groups is 1. The van der Waals surface area contributed by atoms with Gasteiger partial charge < -0.3 is 10.6 Å². The second-order valence-corrected chi connectivity index (χ2v) is 7.62. The summed E-state index contributed by atoms with van der Waals surface area (Å²) < 4.78 is 0.460. The van der Waals surface area contributed by atoms with Crippen molar-refractivity contribution in [2.45, 2.75) is 6.92 Å². The molecule has 3 rings (SSSR count). The molecule has 0 spiro atoms. The predicted octanol–water partition coefficient (Wildman–Crippen LogP) is 5.53. The first-order valence-electron chi connectivity index (χ1n) is 7.01. The zero-order chi connectivity index (χ0) is 17.3. The molecule has 1 amide bonds. The Hall–Kier alpha value is -1.53. The van der Waals surface area contributed by atoms with Gasteiger partial charge in [0, 0.05) is 5.69 Å². The molecule has 0 aromatic heterocycles. The summed E-state index contributed by atoms with van der Waals surface area (Å²) in [5.41, 5.74) is 3.21. The molecular formula is C17H12Cl2N2OS2. The van der Waals surface area contributed by atoms with Gasteiger partial charge in [-0.1, -0.05) is 71.4 Å². The van der Waals surface area contributed by atoms with Gasteiger partial charge in [-0.25, -0.2) is 0 Å². The Balaban J connectivity index is 2.00. The van der Waals surface area contributed by atoms with Crippen molar-refractivity contribution in [2.75, 3.05) is 5.32 Å². The van der Waals surface area contributed by atoms with Crippen molar-refractivity contribution in [2.24, 2.45) is 0 Å². The number of anilines is 2. The van der Waals surface area contributed by atoms with Crippen LogP contribution < -0.4 is 10.6 Å². The lowest BCUT2D eigenvalue weighted by Crippen LogP contribution is -2.17. The highest BCUT2D eigenvalue weighted by Gasteiger charge is 2.22. The molecule has 0 bridgehead atoms. The van der Waals surface area contributed by atoms with Gasteiger partial charge in [-0.2, -0.15) is 0 Å². The molecule has 0 saturated carbocycles. The van der Waals surface area contributed by atoms with Crippen molar-refractivity contribution >= 4 is 74.9 Å². The van der Waals surface area contributed by atoms with E-state index < -0.39 is 0 Å². The van der Waals surface area contributed by atoms with Gasteiger partial charge in [0.2, 0.25) is 0 Å².